The summed E-state index contributed by atoms with van der Waals surface area (Å²) in [5.74, 6) is 2.27. The molecule has 1 amide bonds. The zero-order valence-corrected chi connectivity index (χ0v) is 12.7. The smallest absolute Gasteiger partial charge is 0.223 e. The van der Waals surface area contributed by atoms with Crippen molar-refractivity contribution >= 4 is 5.91 Å². The maximum atomic E-state index is 12.0. The lowest BCUT2D eigenvalue weighted by Crippen LogP contribution is -2.27. The van der Waals surface area contributed by atoms with Crippen LogP contribution in [-0.4, -0.2) is 36.0 Å². The number of methoxy groups -OCH3 is 1. The third-order valence-electron chi connectivity index (χ3n) is 3.92. The molecule has 0 bridgehead atoms. The van der Waals surface area contributed by atoms with Gasteiger partial charge in [0.15, 0.2) is 11.7 Å². The number of carbonyl (C=O) groups is 1. The molecule has 1 aliphatic rings. The van der Waals surface area contributed by atoms with Gasteiger partial charge >= 0.3 is 0 Å². The highest BCUT2D eigenvalue weighted by atomic mass is 16.5. The summed E-state index contributed by atoms with van der Waals surface area (Å²) >= 11 is 0. The van der Waals surface area contributed by atoms with Crippen LogP contribution < -0.4 is 4.74 Å². The molecule has 0 spiro atoms. The molecule has 2 heterocycles. The number of rotatable bonds is 5. The molecule has 1 fully saturated rings. The van der Waals surface area contributed by atoms with Gasteiger partial charge in [-0.05, 0) is 25.0 Å². The van der Waals surface area contributed by atoms with E-state index in [1.54, 1.807) is 13.3 Å². The van der Waals surface area contributed by atoms with Gasteiger partial charge < -0.3 is 14.1 Å². The lowest BCUT2D eigenvalue weighted by atomic mass is 10.2. The summed E-state index contributed by atoms with van der Waals surface area (Å²) in [6, 6.07) is 7.64. The van der Waals surface area contributed by atoms with E-state index in [2.05, 4.69) is 4.98 Å². The summed E-state index contributed by atoms with van der Waals surface area (Å²) in [5, 5.41) is 0. The fraction of sp³-hybridized carbons (Fsp3) is 0.412. The Labute approximate surface area is 129 Å². The highest BCUT2D eigenvalue weighted by Gasteiger charge is 2.18. The van der Waals surface area contributed by atoms with Gasteiger partial charge in [-0.2, -0.15) is 0 Å². The molecule has 0 N–H and O–H groups in total. The van der Waals surface area contributed by atoms with Crippen LogP contribution in [0.2, 0.25) is 0 Å². The second-order valence-electron chi connectivity index (χ2n) is 5.44. The Kier molecular flexibility index (Phi) is 4.42. The first-order valence-corrected chi connectivity index (χ1v) is 7.63. The van der Waals surface area contributed by atoms with E-state index in [0.717, 1.165) is 37.2 Å². The van der Waals surface area contributed by atoms with Gasteiger partial charge in [-0.25, -0.2) is 4.98 Å². The van der Waals surface area contributed by atoms with Gasteiger partial charge in [0.05, 0.1) is 13.3 Å². The predicted molar refractivity (Wildman–Crippen MR) is 82.6 cm³/mol. The quantitative estimate of drug-likeness (QED) is 0.852. The first-order chi connectivity index (χ1) is 10.8. The number of aromatic nitrogens is 1. The van der Waals surface area contributed by atoms with Crippen molar-refractivity contribution in [3.63, 3.8) is 0 Å². The molecule has 116 valence electrons. The average molecular weight is 300 g/mol. The number of hydrogen-bond acceptors (Lipinski definition) is 4. The minimum absolute atomic E-state index is 0.193. The fourth-order valence-electron chi connectivity index (χ4n) is 2.67. The Morgan fingerprint density at radius 2 is 2.18 bits per heavy atom. The number of aryl methyl sites for hydroxylation is 1. The van der Waals surface area contributed by atoms with Crippen molar-refractivity contribution in [2.45, 2.75) is 25.7 Å². The van der Waals surface area contributed by atoms with Crippen molar-refractivity contribution in [3.05, 3.63) is 36.4 Å². The zero-order valence-electron chi connectivity index (χ0n) is 12.7. The summed E-state index contributed by atoms with van der Waals surface area (Å²) in [6.07, 6.45) is 4.93. The molecule has 5 nitrogen and oxygen atoms in total. The fourth-order valence-corrected chi connectivity index (χ4v) is 2.67. The van der Waals surface area contributed by atoms with E-state index >= 15 is 0 Å². The van der Waals surface area contributed by atoms with Crippen LogP contribution in [0.3, 0.4) is 0 Å². The Bertz CT molecular complexity index is 645. The number of nitrogens with zero attached hydrogens (tertiary/aromatic N) is 2. The van der Waals surface area contributed by atoms with Gasteiger partial charge in [-0.1, -0.05) is 12.1 Å². The highest BCUT2D eigenvalue weighted by molar-refractivity contribution is 5.76. The van der Waals surface area contributed by atoms with Crippen LogP contribution >= 0.6 is 0 Å². The summed E-state index contributed by atoms with van der Waals surface area (Å²) in [5.41, 5.74) is 0.920. The van der Waals surface area contributed by atoms with Gasteiger partial charge in [-0.3, -0.25) is 4.79 Å². The normalized spacial score (nSPS) is 14.3. The maximum Gasteiger partial charge on any atom is 0.223 e. The van der Waals surface area contributed by atoms with Crippen molar-refractivity contribution in [3.8, 4) is 17.1 Å². The molecule has 22 heavy (non-hydrogen) atoms. The topological polar surface area (TPSA) is 55.6 Å². The molecular weight excluding hydrogens is 280 g/mol. The second kappa shape index (κ2) is 6.64. The van der Waals surface area contributed by atoms with Gasteiger partial charge in [0, 0.05) is 31.5 Å². The Hall–Kier alpha value is -2.30. The van der Waals surface area contributed by atoms with Gasteiger partial charge in [0.25, 0.3) is 0 Å². The van der Waals surface area contributed by atoms with Crippen LogP contribution in [0.15, 0.2) is 34.9 Å². The van der Waals surface area contributed by atoms with Crippen LogP contribution in [0.4, 0.5) is 0 Å². The van der Waals surface area contributed by atoms with Crippen molar-refractivity contribution < 1.29 is 13.9 Å². The minimum Gasteiger partial charge on any atom is -0.497 e. The lowest BCUT2D eigenvalue weighted by Gasteiger charge is -2.14. The molecule has 1 saturated heterocycles. The third-order valence-corrected chi connectivity index (χ3v) is 3.92. The minimum atomic E-state index is 0.193. The van der Waals surface area contributed by atoms with Crippen LogP contribution in [0.25, 0.3) is 11.3 Å². The molecular formula is C17H20N2O3. The molecule has 1 aromatic heterocycles. The monoisotopic (exact) mass is 300 g/mol. The molecule has 1 aliphatic heterocycles. The van der Waals surface area contributed by atoms with Crippen LogP contribution in [-0.2, 0) is 11.2 Å². The van der Waals surface area contributed by atoms with Gasteiger partial charge in [0.1, 0.15) is 5.75 Å². The van der Waals surface area contributed by atoms with E-state index in [1.807, 2.05) is 29.2 Å². The van der Waals surface area contributed by atoms with E-state index in [9.17, 15) is 4.79 Å². The Balaban J connectivity index is 1.62. The molecule has 0 saturated carbocycles. The Morgan fingerprint density at radius 3 is 2.95 bits per heavy atom. The van der Waals surface area contributed by atoms with Crippen molar-refractivity contribution in [1.82, 2.24) is 9.88 Å². The van der Waals surface area contributed by atoms with E-state index in [1.165, 1.54) is 0 Å². The number of ether oxygens (including phenoxy) is 1. The summed E-state index contributed by atoms with van der Waals surface area (Å²) in [6.45, 7) is 1.78. The third kappa shape index (κ3) is 3.30. The van der Waals surface area contributed by atoms with Gasteiger partial charge in [0.2, 0.25) is 5.91 Å². The van der Waals surface area contributed by atoms with Crippen molar-refractivity contribution in [1.29, 1.82) is 0 Å². The van der Waals surface area contributed by atoms with Crippen LogP contribution in [0.5, 0.6) is 5.75 Å². The first kappa shape index (κ1) is 14.6. The average Bonchev–Trinajstić information content (AvgIpc) is 3.24. The summed E-state index contributed by atoms with van der Waals surface area (Å²) in [7, 11) is 1.63. The highest BCUT2D eigenvalue weighted by Crippen LogP contribution is 2.24. The molecule has 3 rings (SSSR count). The van der Waals surface area contributed by atoms with E-state index in [4.69, 9.17) is 9.15 Å². The number of benzene rings is 1. The van der Waals surface area contributed by atoms with E-state index in [0.29, 0.717) is 24.5 Å². The molecule has 0 radical (unpaired) electrons. The van der Waals surface area contributed by atoms with Crippen molar-refractivity contribution in [2.75, 3.05) is 20.2 Å². The number of likely N-dealkylation sites (tertiary alicyclic amines) is 1. The lowest BCUT2D eigenvalue weighted by molar-refractivity contribution is -0.130. The van der Waals surface area contributed by atoms with Crippen LogP contribution in [0, 0.1) is 0 Å². The number of amides is 1. The molecule has 0 atom stereocenters. The number of carbonyl (C=O) groups excluding carboxylic acids is 1. The summed E-state index contributed by atoms with van der Waals surface area (Å²) < 4.78 is 11.0. The van der Waals surface area contributed by atoms with E-state index < -0.39 is 0 Å². The largest absolute Gasteiger partial charge is 0.497 e. The summed E-state index contributed by atoms with van der Waals surface area (Å²) in [4.78, 5) is 18.2. The SMILES string of the molecule is COc1cccc(-c2cnc(CCC(=O)N3CCCC3)o2)c1. The standard InChI is InChI=1S/C17H20N2O3/c1-21-14-6-4-5-13(11-14)15-12-18-16(22-15)7-8-17(20)19-9-2-3-10-19/h4-6,11-12H,2-3,7-10H2,1H3. The zero-order chi connectivity index (χ0) is 15.4. The number of hydrogen-bond donors (Lipinski definition) is 0. The van der Waals surface area contributed by atoms with Crippen LogP contribution in [0.1, 0.15) is 25.2 Å². The first-order valence-electron chi connectivity index (χ1n) is 7.63. The Morgan fingerprint density at radius 1 is 1.36 bits per heavy atom. The predicted octanol–water partition coefficient (Wildman–Crippen LogP) is 2.91. The number of oxazole rings is 1. The molecule has 2 aromatic rings. The molecule has 1 aromatic carbocycles. The van der Waals surface area contributed by atoms with E-state index in [-0.39, 0.29) is 5.91 Å². The molecule has 0 aliphatic carbocycles. The molecule has 5 heteroatoms. The molecule has 0 unspecified atom stereocenters. The maximum absolute atomic E-state index is 12.0. The van der Waals surface area contributed by atoms with Crippen molar-refractivity contribution in [2.24, 2.45) is 0 Å². The van der Waals surface area contributed by atoms with Gasteiger partial charge in [-0.15, -0.1) is 0 Å². The second-order valence-corrected chi connectivity index (χ2v) is 5.44.